The molecular formula is C27H31FN6O4S. The standard InChI is InChI=1S/C27H31FN6O4S/c1-27(2,3)38-26(36)32-13-11-31(12-14-32)21-10-9-18(28)15-19(21)29-24(35)20-16-39-25(30-20)33-17-34(4,37)23-8-6-5-7-22(23)33/h5-10,15-16H,11-14,17H2,1-4H3,(H,29,35). The lowest BCUT2D eigenvalue weighted by Crippen LogP contribution is -2.50. The van der Waals surface area contributed by atoms with E-state index in [1.54, 1.807) is 29.5 Å². The Morgan fingerprint density at radius 3 is 2.54 bits per heavy atom. The number of anilines is 4. The fourth-order valence-electron chi connectivity index (χ4n) is 4.70. The molecule has 0 saturated carbocycles. The van der Waals surface area contributed by atoms with E-state index in [9.17, 15) is 19.2 Å². The van der Waals surface area contributed by atoms with Gasteiger partial charge in [0, 0.05) is 37.6 Å². The van der Waals surface area contributed by atoms with Crippen LogP contribution < -0.4 is 19.8 Å². The fraction of sp³-hybridized carbons (Fsp3) is 0.370. The van der Waals surface area contributed by atoms with Gasteiger partial charge >= 0.3 is 6.09 Å². The molecule has 0 aliphatic carbocycles. The number of nitrogens with one attached hydrogen (secondary N) is 1. The highest BCUT2D eigenvalue weighted by Crippen LogP contribution is 2.44. The Bertz CT molecular complexity index is 1400. The van der Waals surface area contributed by atoms with Gasteiger partial charge in [-0.1, -0.05) is 12.1 Å². The number of halogens is 1. The first-order valence-corrected chi connectivity index (χ1v) is 13.5. The minimum Gasteiger partial charge on any atom is -0.626 e. The number of quaternary nitrogens is 1. The lowest BCUT2D eigenvalue weighted by molar-refractivity contribution is 0.0240. The molecule has 10 nitrogen and oxygen atoms in total. The van der Waals surface area contributed by atoms with Crippen LogP contribution in [-0.2, 0) is 4.74 Å². The van der Waals surface area contributed by atoms with Gasteiger partial charge in [0.05, 0.1) is 18.4 Å². The highest BCUT2D eigenvalue weighted by molar-refractivity contribution is 7.14. The number of hydrogen-bond acceptors (Lipinski definition) is 8. The van der Waals surface area contributed by atoms with Gasteiger partial charge in [0.25, 0.3) is 5.91 Å². The second-order valence-corrected chi connectivity index (χ2v) is 11.6. The topological polar surface area (TPSA) is 101 Å². The summed E-state index contributed by atoms with van der Waals surface area (Å²) >= 11 is 1.26. The maximum atomic E-state index is 14.2. The highest BCUT2D eigenvalue weighted by atomic mass is 32.1. The predicted octanol–water partition coefficient (Wildman–Crippen LogP) is 5.14. The molecule has 1 unspecified atom stereocenters. The van der Waals surface area contributed by atoms with Crippen LogP contribution in [-0.4, -0.2) is 67.4 Å². The summed E-state index contributed by atoms with van der Waals surface area (Å²) in [5.74, 6) is -0.967. The lowest BCUT2D eigenvalue weighted by Gasteiger charge is -2.37. The van der Waals surface area contributed by atoms with Crippen LogP contribution in [0.4, 0.5) is 37.1 Å². The molecule has 12 heteroatoms. The number of rotatable bonds is 4. The van der Waals surface area contributed by atoms with Gasteiger partial charge < -0.3 is 29.7 Å². The number of benzene rings is 2. The molecule has 3 aromatic rings. The van der Waals surface area contributed by atoms with Gasteiger partial charge in [-0.2, -0.15) is 0 Å². The Hall–Kier alpha value is -3.74. The van der Waals surface area contributed by atoms with Crippen LogP contribution in [0.15, 0.2) is 47.8 Å². The van der Waals surface area contributed by atoms with E-state index in [-0.39, 0.29) is 18.5 Å². The average molecular weight is 555 g/mol. The number of para-hydroxylation sites is 2. The number of fused-ring (bicyclic) bond motifs is 1. The van der Waals surface area contributed by atoms with Gasteiger partial charge in [-0.15, -0.1) is 11.3 Å². The van der Waals surface area contributed by atoms with Crippen molar-refractivity contribution in [3.05, 3.63) is 64.6 Å². The molecule has 1 fully saturated rings. The first-order valence-electron chi connectivity index (χ1n) is 12.6. The van der Waals surface area contributed by atoms with E-state index in [1.807, 2.05) is 48.8 Å². The Kier molecular flexibility index (Phi) is 6.95. The van der Waals surface area contributed by atoms with Gasteiger partial charge in [0.15, 0.2) is 17.5 Å². The lowest BCUT2D eigenvalue weighted by atomic mass is 10.2. The monoisotopic (exact) mass is 554 g/mol. The summed E-state index contributed by atoms with van der Waals surface area (Å²) in [4.78, 5) is 35.5. The number of carbonyl (C=O) groups is 2. The molecule has 0 radical (unpaired) electrons. The molecule has 39 heavy (non-hydrogen) atoms. The predicted molar refractivity (Wildman–Crippen MR) is 151 cm³/mol. The SMILES string of the molecule is CC(C)(C)OC(=O)N1CCN(c2ccc(F)cc2NC(=O)c2csc(N3C[N+](C)([O-])c4ccccc43)n2)CC1. The molecule has 2 aliphatic rings. The van der Waals surface area contributed by atoms with Gasteiger partial charge in [0.1, 0.15) is 22.8 Å². The number of nitrogens with zero attached hydrogens (tertiary/aromatic N) is 5. The van der Waals surface area contributed by atoms with Gasteiger partial charge in [-0.05, 0) is 45.0 Å². The van der Waals surface area contributed by atoms with Crippen LogP contribution >= 0.6 is 11.3 Å². The van der Waals surface area contributed by atoms with E-state index >= 15 is 0 Å². The third-order valence-electron chi connectivity index (χ3n) is 6.53. The van der Waals surface area contributed by atoms with Crippen LogP contribution in [0.25, 0.3) is 0 Å². The number of amides is 2. The summed E-state index contributed by atoms with van der Waals surface area (Å²) in [6.07, 6.45) is -0.370. The second-order valence-electron chi connectivity index (χ2n) is 10.7. The van der Waals surface area contributed by atoms with Crippen LogP contribution in [0.1, 0.15) is 31.3 Å². The van der Waals surface area contributed by atoms with Crippen LogP contribution in [0.2, 0.25) is 0 Å². The molecule has 5 rings (SSSR count). The summed E-state index contributed by atoms with van der Waals surface area (Å²) in [6.45, 7) is 7.48. The molecule has 2 aliphatic heterocycles. The molecule has 1 saturated heterocycles. The van der Waals surface area contributed by atoms with Gasteiger partial charge in [-0.3, -0.25) is 9.69 Å². The van der Waals surface area contributed by atoms with E-state index in [4.69, 9.17) is 4.74 Å². The van der Waals surface area contributed by atoms with E-state index in [1.165, 1.54) is 23.5 Å². The first-order chi connectivity index (χ1) is 18.4. The van der Waals surface area contributed by atoms with Crippen molar-refractivity contribution >= 4 is 51.2 Å². The minimum absolute atomic E-state index is 0.150. The molecule has 1 N–H and O–H groups in total. The molecule has 2 amide bonds. The number of piperazine rings is 1. The third-order valence-corrected chi connectivity index (χ3v) is 7.39. The van der Waals surface area contributed by atoms with E-state index in [0.717, 1.165) is 5.69 Å². The number of carbonyl (C=O) groups excluding carboxylic acids is 2. The summed E-state index contributed by atoms with van der Waals surface area (Å²) in [6, 6.07) is 11.6. The smallest absolute Gasteiger partial charge is 0.410 e. The molecule has 1 aromatic heterocycles. The number of hydrogen-bond donors (Lipinski definition) is 1. The maximum absolute atomic E-state index is 14.2. The number of ether oxygens (including phenoxy) is 1. The summed E-state index contributed by atoms with van der Waals surface area (Å²) in [5, 5.41) is 17.9. The van der Waals surface area contributed by atoms with Crippen molar-refractivity contribution in [3.63, 3.8) is 0 Å². The van der Waals surface area contributed by atoms with Crippen molar-refractivity contribution in [1.82, 2.24) is 14.5 Å². The number of hydroxylamine groups is 2. The zero-order valence-electron chi connectivity index (χ0n) is 22.3. The normalized spacial score (nSPS) is 19.2. The Morgan fingerprint density at radius 1 is 1.10 bits per heavy atom. The number of thiazole rings is 1. The molecule has 0 bridgehead atoms. The van der Waals surface area contributed by atoms with Gasteiger partial charge in [0.2, 0.25) is 0 Å². The average Bonchev–Trinajstić information content (AvgIpc) is 3.46. The van der Waals surface area contributed by atoms with Crippen molar-refractivity contribution in [2.45, 2.75) is 26.4 Å². The Labute approximate surface area is 230 Å². The van der Waals surface area contributed by atoms with Crippen molar-refractivity contribution in [3.8, 4) is 0 Å². The van der Waals surface area contributed by atoms with E-state index in [0.29, 0.717) is 48.4 Å². The van der Waals surface area contributed by atoms with Crippen LogP contribution in [0.3, 0.4) is 0 Å². The summed E-state index contributed by atoms with van der Waals surface area (Å²) < 4.78 is 19.1. The van der Waals surface area contributed by atoms with Crippen molar-refractivity contribution in [2.24, 2.45) is 0 Å². The van der Waals surface area contributed by atoms with E-state index in [2.05, 4.69) is 10.3 Å². The minimum atomic E-state index is -0.579. The summed E-state index contributed by atoms with van der Waals surface area (Å²) in [5.41, 5.74) is 1.95. The fourth-order valence-corrected chi connectivity index (χ4v) is 5.51. The Morgan fingerprint density at radius 2 is 1.82 bits per heavy atom. The first kappa shape index (κ1) is 26.9. The Balaban J connectivity index is 1.29. The van der Waals surface area contributed by atoms with Crippen LogP contribution in [0.5, 0.6) is 0 Å². The molecule has 2 aromatic carbocycles. The number of aromatic nitrogens is 1. The van der Waals surface area contributed by atoms with Crippen molar-refractivity contribution in [1.29, 1.82) is 0 Å². The molecular weight excluding hydrogens is 523 g/mol. The van der Waals surface area contributed by atoms with Gasteiger partial charge in [-0.25, -0.2) is 14.2 Å². The quantitative estimate of drug-likeness (QED) is 0.352. The molecule has 206 valence electrons. The van der Waals surface area contributed by atoms with E-state index < -0.39 is 22.0 Å². The third kappa shape index (κ3) is 5.68. The zero-order valence-corrected chi connectivity index (χ0v) is 23.1. The molecule has 3 heterocycles. The van der Waals surface area contributed by atoms with Crippen molar-refractivity contribution in [2.75, 3.05) is 55.0 Å². The molecule has 1 atom stereocenters. The molecule has 0 spiro atoms. The van der Waals surface area contributed by atoms with Crippen LogP contribution in [0, 0.1) is 11.0 Å². The largest absolute Gasteiger partial charge is 0.626 e. The zero-order chi connectivity index (χ0) is 27.9. The highest BCUT2D eigenvalue weighted by Gasteiger charge is 2.35. The maximum Gasteiger partial charge on any atom is 0.410 e. The summed E-state index contributed by atoms with van der Waals surface area (Å²) in [7, 11) is 1.58. The second kappa shape index (κ2) is 10.1. The van der Waals surface area contributed by atoms with Crippen molar-refractivity contribution < 1.29 is 18.7 Å².